The van der Waals surface area contributed by atoms with Crippen molar-refractivity contribution in [3.8, 4) is 34.5 Å². The molecule has 510 valence electrons. The summed E-state index contributed by atoms with van der Waals surface area (Å²) in [5, 5.41) is 3.50. The number of carbonyl (C=O) groups excluding carboxylic acids is 4. The Morgan fingerprint density at radius 2 is 0.820 bits per heavy atom. The molecule has 3 amide bonds. The summed E-state index contributed by atoms with van der Waals surface area (Å²) in [5.74, 6) is -2.10. The van der Waals surface area contributed by atoms with Crippen molar-refractivity contribution in [3.63, 3.8) is 0 Å². The lowest BCUT2D eigenvalue weighted by atomic mass is 9.95. The molecular weight excluding hydrogens is 1280 g/mol. The van der Waals surface area contributed by atoms with E-state index in [0.717, 1.165) is 152 Å². The van der Waals surface area contributed by atoms with Crippen molar-refractivity contribution in [1.82, 2.24) is 35.0 Å². The number of aldehydes is 1. The molecule has 6 aromatic carbocycles. The Morgan fingerprint density at radius 1 is 0.450 bits per heavy atom. The first-order valence-corrected chi connectivity index (χ1v) is 34.0. The first-order chi connectivity index (χ1) is 48.6. The molecule has 3 aliphatic heterocycles. The minimum Gasteiger partial charge on any atom is -0.454 e. The second-order valence-corrected chi connectivity index (χ2v) is 26.5. The number of benzene rings is 6. The normalized spacial score (nSPS) is 17.1. The Bertz CT molecular complexity index is 4430. The Morgan fingerprint density at radius 3 is 1.18 bits per heavy atom. The summed E-state index contributed by atoms with van der Waals surface area (Å²) < 4.78 is 98.6. The van der Waals surface area contributed by atoms with Crippen LogP contribution in [-0.2, 0) is 25.8 Å². The SMILES string of the molecule is C=Cc1cccc([C@@H](C2CC2)N2CCc3ccc(Oc4ccc(F)cc4F)cc3C2=O)n1.O=C1c2cc(Oc3ccc(F)cc3F)ccc2CCN1[C@@H](c1cccc(CNCC2CC2)n1)C1CC1.O=Cc1cccc([C@@H](C2CC2)N2CCc3ccc(Oc4ccc(F)cc4F)cc3C2=O)n1. The van der Waals surface area contributed by atoms with E-state index in [0.29, 0.717) is 89.7 Å². The number of halogens is 6. The Balaban J connectivity index is 0.000000128. The molecule has 3 aromatic heterocycles. The molecule has 16 rings (SSSR count). The van der Waals surface area contributed by atoms with Crippen LogP contribution in [-0.4, -0.2) is 79.8 Å². The van der Waals surface area contributed by atoms with Crippen LogP contribution < -0.4 is 19.5 Å². The maximum atomic E-state index is 14.1. The van der Waals surface area contributed by atoms with Gasteiger partial charge >= 0.3 is 0 Å². The molecule has 1 N–H and O–H groups in total. The van der Waals surface area contributed by atoms with Gasteiger partial charge in [0.15, 0.2) is 41.0 Å². The van der Waals surface area contributed by atoms with Crippen molar-refractivity contribution in [1.29, 1.82) is 0 Å². The smallest absolute Gasteiger partial charge is 0.254 e. The molecule has 0 radical (unpaired) electrons. The number of nitrogens with one attached hydrogen (secondary N) is 1. The average molecular weight is 1360 g/mol. The maximum Gasteiger partial charge on any atom is 0.254 e. The van der Waals surface area contributed by atoms with Crippen LogP contribution in [0.25, 0.3) is 6.08 Å². The molecule has 3 atom stereocenters. The van der Waals surface area contributed by atoms with Crippen LogP contribution in [0.5, 0.6) is 34.5 Å². The fourth-order valence-corrected chi connectivity index (χ4v) is 13.6. The zero-order valence-corrected chi connectivity index (χ0v) is 54.6. The van der Waals surface area contributed by atoms with E-state index in [9.17, 15) is 45.5 Å². The van der Waals surface area contributed by atoms with Gasteiger partial charge in [-0.25, -0.2) is 31.3 Å². The molecule has 4 fully saturated rings. The molecule has 9 aromatic rings. The molecule has 100 heavy (non-hydrogen) atoms. The number of rotatable bonds is 21. The van der Waals surface area contributed by atoms with Crippen molar-refractivity contribution in [2.75, 3.05) is 26.2 Å². The number of carbonyl (C=O) groups is 4. The topological polar surface area (TPSA) is 156 Å². The number of aromatic nitrogens is 3. The van der Waals surface area contributed by atoms with Gasteiger partial charge in [0.1, 0.15) is 40.4 Å². The second kappa shape index (κ2) is 29.2. The van der Waals surface area contributed by atoms with E-state index in [4.69, 9.17) is 24.2 Å². The fraction of sp³-hybridized carbons (Fsp3) is 0.287. The maximum absolute atomic E-state index is 14.1. The van der Waals surface area contributed by atoms with Crippen LogP contribution in [0.4, 0.5) is 26.3 Å². The van der Waals surface area contributed by atoms with Gasteiger partial charge in [0.25, 0.3) is 17.7 Å². The number of pyridine rings is 3. The van der Waals surface area contributed by atoms with Gasteiger partial charge in [0.05, 0.1) is 46.6 Å². The Hall–Kier alpha value is -10.5. The average Bonchev–Trinajstić information content (AvgIpc) is 1.25. The lowest BCUT2D eigenvalue weighted by Gasteiger charge is -2.36. The van der Waals surface area contributed by atoms with Crippen molar-refractivity contribution >= 4 is 30.1 Å². The lowest BCUT2D eigenvalue weighted by Crippen LogP contribution is -2.41. The van der Waals surface area contributed by atoms with Crippen molar-refractivity contribution in [2.24, 2.45) is 23.7 Å². The minimum atomic E-state index is -0.814. The van der Waals surface area contributed by atoms with Gasteiger partial charge in [-0.1, -0.05) is 43.0 Å². The molecule has 0 unspecified atom stereocenters. The third kappa shape index (κ3) is 15.4. The van der Waals surface area contributed by atoms with Crippen LogP contribution in [0.15, 0.2) is 170 Å². The van der Waals surface area contributed by atoms with E-state index < -0.39 is 34.9 Å². The highest BCUT2D eigenvalue weighted by atomic mass is 19.2. The number of nitrogens with zero attached hydrogens (tertiary/aromatic N) is 6. The molecule has 14 nitrogen and oxygen atoms in total. The minimum absolute atomic E-state index is 0.0581. The highest BCUT2D eigenvalue weighted by Crippen LogP contribution is 2.49. The number of hydrogen-bond acceptors (Lipinski definition) is 11. The van der Waals surface area contributed by atoms with E-state index in [1.54, 1.807) is 60.7 Å². The molecule has 4 saturated carbocycles. The molecule has 7 aliphatic rings. The third-order valence-corrected chi connectivity index (χ3v) is 19.2. The summed E-state index contributed by atoms with van der Waals surface area (Å²) in [7, 11) is 0. The van der Waals surface area contributed by atoms with Crippen LogP contribution in [0.2, 0.25) is 0 Å². The first kappa shape index (κ1) is 66.7. The molecule has 0 spiro atoms. The molecular formula is C80H71F6N7O7. The third-order valence-electron chi connectivity index (χ3n) is 19.2. The summed E-state index contributed by atoms with van der Waals surface area (Å²) >= 11 is 0. The standard InChI is InChI=1S/C29H29F2N3O2.C26H22F2N2O2.C25H20F2N2O3/c30-21-9-11-27(25(31)14-21)36-23-10-8-19-12-13-34(29(35)24(19)15-23)28(20-6-7-20)26-3-1-2-22(33-26)17-32-16-18-4-5-18;1-2-19-4-3-5-23(29-19)25(17-6-7-17)30-13-12-16-8-10-20(15-21(16)26(30)31)32-24-11-9-18(27)14-22(24)28;26-17-7-9-23(21(27)12-17)32-19-8-6-15-10-11-29(25(31)20(15)13-19)24(16-4-5-16)22-3-1-2-18(14-30)28-22/h1-3,8-11,14-15,18,20,28,32H,4-7,12-13,16-17H2;2-5,8-11,14-15,17,25H,1,6-7,12-13H2;1-3,6-9,12-14,16,24H,4-5,10-11H2/t28-;25-;24-/m111/s1. The zero-order valence-electron chi connectivity index (χ0n) is 54.6. The quantitative estimate of drug-likeness (QED) is 0.0539. The van der Waals surface area contributed by atoms with E-state index in [-0.39, 0.29) is 53.1 Å². The summed E-state index contributed by atoms with van der Waals surface area (Å²) in [5.41, 5.74) is 9.04. The monoisotopic (exact) mass is 1360 g/mol. The van der Waals surface area contributed by atoms with Crippen LogP contribution in [0, 0.1) is 58.6 Å². The van der Waals surface area contributed by atoms with Gasteiger partial charge in [0.2, 0.25) is 0 Å². The summed E-state index contributed by atoms with van der Waals surface area (Å²) in [6.45, 7) is 7.36. The van der Waals surface area contributed by atoms with Gasteiger partial charge in [0, 0.05) is 61.1 Å². The number of amides is 3. The first-order valence-electron chi connectivity index (χ1n) is 34.0. The summed E-state index contributed by atoms with van der Waals surface area (Å²) in [6, 6.07) is 41.8. The predicted molar refractivity (Wildman–Crippen MR) is 362 cm³/mol. The largest absolute Gasteiger partial charge is 0.454 e. The summed E-state index contributed by atoms with van der Waals surface area (Å²) in [4.78, 5) is 71.7. The fourth-order valence-electron chi connectivity index (χ4n) is 13.6. The van der Waals surface area contributed by atoms with Crippen LogP contribution in [0.3, 0.4) is 0 Å². The van der Waals surface area contributed by atoms with Gasteiger partial charge in [-0.2, -0.15) is 0 Å². The molecule has 0 saturated heterocycles. The van der Waals surface area contributed by atoms with Crippen molar-refractivity contribution in [2.45, 2.75) is 95.3 Å². The van der Waals surface area contributed by atoms with Crippen LogP contribution >= 0.6 is 0 Å². The number of ether oxygens (including phenoxy) is 3. The second-order valence-electron chi connectivity index (χ2n) is 26.5. The van der Waals surface area contributed by atoms with Gasteiger partial charge in [-0.05, 0) is 233 Å². The molecule has 4 aliphatic carbocycles. The highest BCUT2D eigenvalue weighted by molar-refractivity contribution is 5.99. The number of fused-ring (bicyclic) bond motifs is 3. The van der Waals surface area contributed by atoms with Gasteiger partial charge < -0.3 is 34.2 Å². The van der Waals surface area contributed by atoms with E-state index in [2.05, 4.69) is 16.9 Å². The van der Waals surface area contributed by atoms with Crippen molar-refractivity contribution < 1.29 is 59.7 Å². The molecule has 0 bridgehead atoms. The highest BCUT2D eigenvalue weighted by Gasteiger charge is 2.44. The van der Waals surface area contributed by atoms with Crippen LogP contribution in [0.1, 0.15) is 156 Å². The van der Waals surface area contributed by atoms with Gasteiger partial charge in [-0.15, -0.1) is 0 Å². The van der Waals surface area contributed by atoms with Crippen molar-refractivity contribution in [3.05, 3.63) is 273 Å². The molecule has 6 heterocycles. The zero-order chi connectivity index (χ0) is 69.1. The van der Waals surface area contributed by atoms with E-state index >= 15 is 0 Å². The summed E-state index contributed by atoms with van der Waals surface area (Å²) in [6.07, 6.45) is 13.5. The molecule has 20 heteroatoms. The Kier molecular flexibility index (Phi) is 19.5. The Labute approximate surface area is 574 Å². The van der Waals surface area contributed by atoms with E-state index in [1.807, 2.05) is 69.3 Å². The van der Waals surface area contributed by atoms with Gasteiger partial charge in [-0.3, -0.25) is 29.1 Å². The van der Waals surface area contributed by atoms with E-state index in [1.165, 1.54) is 31.0 Å². The number of hydrogen-bond donors (Lipinski definition) is 1. The predicted octanol–water partition coefficient (Wildman–Crippen LogP) is 16.9. The lowest BCUT2D eigenvalue weighted by molar-refractivity contribution is 0.0620.